The zero-order chi connectivity index (χ0) is 21.3. The van der Waals surface area contributed by atoms with Crippen molar-refractivity contribution in [3.05, 3.63) is 29.8 Å². The first-order valence-electron chi connectivity index (χ1n) is 9.54. The van der Waals surface area contributed by atoms with Crippen LogP contribution in [0.2, 0.25) is 0 Å². The Bertz CT molecular complexity index is 835. The molecule has 2 aliphatic rings. The second-order valence-electron chi connectivity index (χ2n) is 7.42. The van der Waals surface area contributed by atoms with Crippen LogP contribution in [0.15, 0.2) is 18.2 Å². The molecule has 0 radical (unpaired) electrons. The number of nitrogens with zero attached hydrogens (tertiary/aromatic N) is 1. The van der Waals surface area contributed by atoms with E-state index in [0.717, 1.165) is 35.9 Å². The largest absolute Gasteiger partial charge is 0.451 e. The smallest absolute Gasteiger partial charge is 0.329 e. The first kappa shape index (κ1) is 20.9. The van der Waals surface area contributed by atoms with Gasteiger partial charge in [0.05, 0.1) is 11.8 Å². The van der Waals surface area contributed by atoms with Gasteiger partial charge < -0.3 is 10.1 Å². The number of hydrogen-bond donors (Lipinski definition) is 1. The van der Waals surface area contributed by atoms with Gasteiger partial charge in [-0.3, -0.25) is 19.3 Å². The maximum atomic E-state index is 13.2. The molecule has 4 atom stereocenters. The molecular formula is C20H22F2N2O5. The minimum absolute atomic E-state index is 0.00109. The highest BCUT2D eigenvalue weighted by Gasteiger charge is 2.51. The Kier molecular flexibility index (Phi) is 5.95. The zero-order valence-corrected chi connectivity index (χ0v) is 16.1. The number of hydrogen-bond acceptors (Lipinski definition) is 5. The lowest BCUT2D eigenvalue weighted by Crippen LogP contribution is -2.46. The van der Waals surface area contributed by atoms with Crippen molar-refractivity contribution in [2.75, 3.05) is 5.32 Å². The van der Waals surface area contributed by atoms with Gasteiger partial charge in [0.2, 0.25) is 11.8 Å². The number of amides is 3. The summed E-state index contributed by atoms with van der Waals surface area (Å²) in [6.45, 7) is 2.68. The van der Waals surface area contributed by atoms with Crippen LogP contribution in [0.4, 0.5) is 14.5 Å². The first-order chi connectivity index (χ1) is 13.7. The highest BCUT2D eigenvalue weighted by atomic mass is 19.2. The zero-order valence-electron chi connectivity index (χ0n) is 16.1. The highest BCUT2D eigenvalue weighted by Crippen LogP contribution is 2.38. The van der Waals surface area contributed by atoms with Crippen molar-refractivity contribution in [2.45, 2.75) is 51.7 Å². The minimum Gasteiger partial charge on any atom is -0.451 e. The summed E-state index contributed by atoms with van der Waals surface area (Å²) in [5.41, 5.74) is -0.00109. The molecule has 1 heterocycles. The molecule has 0 aromatic heterocycles. The van der Waals surface area contributed by atoms with E-state index in [9.17, 15) is 28.0 Å². The van der Waals surface area contributed by atoms with Crippen LogP contribution in [0, 0.1) is 23.5 Å². The summed E-state index contributed by atoms with van der Waals surface area (Å²) in [6.07, 6.45) is 1.72. The van der Waals surface area contributed by atoms with Crippen LogP contribution >= 0.6 is 0 Å². The molecule has 156 valence electrons. The summed E-state index contributed by atoms with van der Waals surface area (Å²) >= 11 is 0. The Morgan fingerprint density at radius 3 is 2.21 bits per heavy atom. The number of esters is 1. The van der Waals surface area contributed by atoms with Crippen LogP contribution in [0.1, 0.15) is 39.5 Å². The summed E-state index contributed by atoms with van der Waals surface area (Å²) in [7, 11) is 0. The van der Waals surface area contributed by atoms with E-state index in [4.69, 9.17) is 4.74 Å². The average Bonchev–Trinajstić information content (AvgIpc) is 2.95. The fourth-order valence-corrected chi connectivity index (χ4v) is 3.82. The maximum Gasteiger partial charge on any atom is 0.329 e. The van der Waals surface area contributed by atoms with Crippen molar-refractivity contribution >= 4 is 29.4 Å². The monoisotopic (exact) mass is 408 g/mol. The number of ether oxygens (including phenoxy) is 1. The molecule has 1 aromatic carbocycles. The van der Waals surface area contributed by atoms with E-state index in [-0.39, 0.29) is 29.3 Å². The van der Waals surface area contributed by atoms with Gasteiger partial charge in [0.15, 0.2) is 17.7 Å². The van der Waals surface area contributed by atoms with E-state index in [1.165, 1.54) is 13.8 Å². The Labute approximate surface area is 166 Å². The van der Waals surface area contributed by atoms with Crippen molar-refractivity contribution in [3.8, 4) is 0 Å². The van der Waals surface area contributed by atoms with Gasteiger partial charge in [-0.1, -0.05) is 12.8 Å². The summed E-state index contributed by atoms with van der Waals surface area (Å²) in [5, 5.41) is 2.31. The van der Waals surface area contributed by atoms with Crippen LogP contribution in [0.3, 0.4) is 0 Å². The Morgan fingerprint density at radius 1 is 1.07 bits per heavy atom. The van der Waals surface area contributed by atoms with E-state index in [1.54, 1.807) is 0 Å². The van der Waals surface area contributed by atoms with Crippen LogP contribution < -0.4 is 5.32 Å². The standard InChI is InChI=1S/C20H22F2N2O5/c1-10(24-18(26)13-5-3-4-6-14(13)19(24)27)20(28)29-11(2)17(25)23-12-7-8-15(21)16(22)9-12/h7-11,13-14H,3-6H2,1-2H3,(H,23,25)/t10-,11-,13-,14-/m0/s1. The number of anilines is 1. The predicted octanol–water partition coefficient (Wildman–Crippen LogP) is 2.40. The lowest BCUT2D eigenvalue weighted by Gasteiger charge is -2.23. The van der Waals surface area contributed by atoms with E-state index in [0.29, 0.717) is 12.8 Å². The average molecular weight is 408 g/mol. The third kappa shape index (κ3) is 4.13. The third-order valence-electron chi connectivity index (χ3n) is 5.45. The molecule has 3 rings (SSSR count). The molecule has 9 heteroatoms. The number of carbonyl (C=O) groups is 4. The molecule has 29 heavy (non-hydrogen) atoms. The molecule has 7 nitrogen and oxygen atoms in total. The summed E-state index contributed by atoms with van der Waals surface area (Å²) in [5.74, 6) is -5.36. The minimum atomic E-state index is -1.27. The van der Waals surface area contributed by atoms with Gasteiger partial charge in [-0.15, -0.1) is 0 Å². The second-order valence-corrected chi connectivity index (χ2v) is 7.42. The molecule has 1 N–H and O–H groups in total. The van der Waals surface area contributed by atoms with Crippen LogP contribution in [-0.2, 0) is 23.9 Å². The van der Waals surface area contributed by atoms with Gasteiger partial charge in [0.1, 0.15) is 6.04 Å². The van der Waals surface area contributed by atoms with E-state index in [2.05, 4.69) is 5.32 Å². The molecular weight excluding hydrogens is 386 g/mol. The molecule has 1 saturated heterocycles. The number of benzene rings is 1. The lowest BCUT2D eigenvalue weighted by molar-refractivity contribution is -0.163. The number of halogens is 2. The van der Waals surface area contributed by atoms with Crippen molar-refractivity contribution in [3.63, 3.8) is 0 Å². The Hall–Kier alpha value is -2.84. The molecule has 1 aromatic rings. The van der Waals surface area contributed by atoms with Gasteiger partial charge in [0, 0.05) is 11.8 Å². The van der Waals surface area contributed by atoms with E-state index in [1.807, 2.05) is 0 Å². The number of rotatable bonds is 5. The summed E-state index contributed by atoms with van der Waals surface area (Å²) in [4.78, 5) is 50.7. The van der Waals surface area contributed by atoms with Crippen molar-refractivity contribution in [2.24, 2.45) is 11.8 Å². The quantitative estimate of drug-likeness (QED) is 0.597. The predicted molar refractivity (Wildman–Crippen MR) is 97.3 cm³/mol. The van der Waals surface area contributed by atoms with Crippen molar-refractivity contribution in [1.29, 1.82) is 0 Å². The normalized spacial score (nSPS) is 23.4. The lowest BCUT2D eigenvalue weighted by atomic mass is 9.81. The number of likely N-dealkylation sites (tertiary alicyclic amines) is 1. The second kappa shape index (κ2) is 8.26. The van der Waals surface area contributed by atoms with Crippen molar-refractivity contribution < 1.29 is 32.7 Å². The Balaban J connectivity index is 1.61. The Morgan fingerprint density at radius 2 is 1.66 bits per heavy atom. The molecule has 0 bridgehead atoms. The van der Waals surface area contributed by atoms with Gasteiger partial charge in [-0.05, 0) is 38.8 Å². The maximum absolute atomic E-state index is 13.2. The molecule has 1 aliphatic carbocycles. The molecule has 0 unspecified atom stereocenters. The number of fused-ring (bicyclic) bond motifs is 1. The van der Waals surface area contributed by atoms with Gasteiger partial charge >= 0.3 is 5.97 Å². The fourth-order valence-electron chi connectivity index (χ4n) is 3.82. The van der Waals surface area contributed by atoms with E-state index >= 15 is 0 Å². The number of imide groups is 1. The molecule has 2 fully saturated rings. The third-order valence-corrected chi connectivity index (χ3v) is 5.45. The SMILES string of the molecule is C[C@H](OC(=O)[C@H](C)N1C(=O)[C@H]2CCCC[C@@H]2C1=O)C(=O)Nc1ccc(F)c(F)c1. The van der Waals surface area contributed by atoms with Crippen LogP contribution in [-0.4, -0.2) is 40.7 Å². The van der Waals surface area contributed by atoms with Crippen LogP contribution in [0.5, 0.6) is 0 Å². The summed E-state index contributed by atoms with van der Waals surface area (Å²) in [6, 6.07) is 1.66. The molecule has 3 amide bonds. The molecule has 1 aliphatic heterocycles. The van der Waals surface area contributed by atoms with E-state index < -0.39 is 35.7 Å². The number of carbonyl (C=O) groups excluding carboxylic acids is 4. The van der Waals surface area contributed by atoms with Gasteiger partial charge in [-0.2, -0.15) is 0 Å². The van der Waals surface area contributed by atoms with Gasteiger partial charge in [-0.25, -0.2) is 13.6 Å². The first-order valence-corrected chi connectivity index (χ1v) is 9.54. The highest BCUT2D eigenvalue weighted by molar-refractivity contribution is 6.08. The van der Waals surface area contributed by atoms with Gasteiger partial charge in [0.25, 0.3) is 5.91 Å². The van der Waals surface area contributed by atoms with Crippen molar-refractivity contribution in [1.82, 2.24) is 4.90 Å². The summed E-state index contributed by atoms with van der Waals surface area (Å²) < 4.78 is 31.3. The molecule has 1 saturated carbocycles. The fraction of sp³-hybridized carbons (Fsp3) is 0.500. The topological polar surface area (TPSA) is 92.8 Å². The van der Waals surface area contributed by atoms with Crippen LogP contribution in [0.25, 0.3) is 0 Å². The molecule has 0 spiro atoms. The number of nitrogens with one attached hydrogen (secondary N) is 1.